The third-order valence-electron chi connectivity index (χ3n) is 4.38. The van der Waals surface area contributed by atoms with Gasteiger partial charge < -0.3 is 14.8 Å². The SMILES string of the molecule is CCOc1ccccc1-c1nc(CC(=O)OCC(=O)NCc2ccc(C)c(F)c2)cs1. The summed E-state index contributed by atoms with van der Waals surface area (Å²) in [6, 6.07) is 12.3. The number of benzene rings is 2. The largest absolute Gasteiger partial charge is 0.493 e. The van der Waals surface area contributed by atoms with Gasteiger partial charge in [0, 0.05) is 11.9 Å². The van der Waals surface area contributed by atoms with Gasteiger partial charge in [-0.15, -0.1) is 11.3 Å². The Morgan fingerprint density at radius 2 is 2.00 bits per heavy atom. The Labute approximate surface area is 184 Å². The smallest absolute Gasteiger partial charge is 0.312 e. The van der Waals surface area contributed by atoms with Crippen LogP contribution in [-0.4, -0.2) is 30.1 Å². The second-order valence-corrected chi connectivity index (χ2v) is 7.63. The Bertz CT molecular complexity index is 1070. The molecule has 6 nitrogen and oxygen atoms in total. The van der Waals surface area contributed by atoms with Crippen molar-refractivity contribution in [3.63, 3.8) is 0 Å². The Morgan fingerprint density at radius 1 is 1.19 bits per heavy atom. The van der Waals surface area contributed by atoms with Gasteiger partial charge in [-0.05, 0) is 43.2 Å². The van der Waals surface area contributed by atoms with Gasteiger partial charge in [0.15, 0.2) is 6.61 Å². The number of nitrogens with one attached hydrogen (secondary N) is 1. The molecule has 31 heavy (non-hydrogen) atoms. The topological polar surface area (TPSA) is 77.5 Å². The highest BCUT2D eigenvalue weighted by atomic mass is 32.1. The van der Waals surface area contributed by atoms with Crippen LogP contribution in [0, 0.1) is 12.7 Å². The van der Waals surface area contributed by atoms with Crippen molar-refractivity contribution in [1.82, 2.24) is 10.3 Å². The van der Waals surface area contributed by atoms with Crippen molar-refractivity contribution in [2.45, 2.75) is 26.8 Å². The summed E-state index contributed by atoms with van der Waals surface area (Å²) in [7, 11) is 0. The number of hydrogen-bond donors (Lipinski definition) is 1. The molecule has 1 N–H and O–H groups in total. The summed E-state index contributed by atoms with van der Waals surface area (Å²) < 4.78 is 24.2. The minimum atomic E-state index is -0.550. The molecule has 0 aliphatic carbocycles. The van der Waals surface area contributed by atoms with E-state index in [0.29, 0.717) is 23.4 Å². The molecule has 1 heterocycles. The summed E-state index contributed by atoms with van der Waals surface area (Å²) in [4.78, 5) is 28.5. The number of halogens is 1. The number of carbonyl (C=O) groups is 2. The number of hydrogen-bond acceptors (Lipinski definition) is 6. The molecule has 0 unspecified atom stereocenters. The van der Waals surface area contributed by atoms with Gasteiger partial charge in [0.25, 0.3) is 5.91 Å². The van der Waals surface area contributed by atoms with Gasteiger partial charge in [-0.3, -0.25) is 9.59 Å². The van der Waals surface area contributed by atoms with E-state index >= 15 is 0 Å². The van der Waals surface area contributed by atoms with Gasteiger partial charge in [0.2, 0.25) is 0 Å². The summed E-state index contributed by atoms with van der Waals surface area (Å²) in [6.45, 7) is 3.87. The number of ether oxygens (including phenoxy) is 2. The third kappa shape index (κ3) is 6.36. The van der Waals surface area contributed by atoms with Crippen molar-refractivity contribution in [3.8, 4) is 16.3 Å². The number of rotatable bonds is 9. The number of thiazole rings is 1. The van der Waals surface area contributed by atoms with Crippen LogP contribution in [0.1, 0.15) is 23.7 Å². The van der Waals surface area contributed by atoms with Crippen LogP contribution in [0.3, 0.4) is 0 Å². The lowest BCUT2D eigenvalue weighted by Crippen LogP contribution is -2.28. The average molecular weight is 443 g/mol. The van der Waals surface area contributed by atoms with E-state index in [1.54, 1.807) is 24.4 Å². The zero-order valence-electron chi connectivity index (χ0n) is 17.3. The molecule has 8 heteroatoms. The minimum absolute atomic E-state index is 0.0379. The molecule has 3 rings (SSSR count). The second-order valence-electron chi connectivity index (χ2n) is 6.77. The standard InChI is InChI=1S/C23H23FN2O4S/c1-3-29-20-7-5-4-6-18(20)23-26-17(14-31-23)11-22(28)30-13-21(27)25-12-16-9-8-15(2)19(24)10-16/h4-10,14H,3,11-13H2,1-2H3,(H,25,27). The maximum absolute atomic E-state index is 13.5. The number of aromatic nitrogens is 1. The monoisotopic (exact) mass is 442 g/mol. The molecule has 162 valence electrons. The fourth-order valence-corrected chi connectivity index (χ4v) is 3.63. The molecule has 0 fully saturated rings. The van der Waals surface area contributed by atoms with Crippen LogP contribution < -0.4 is 10.1 Å². The third-order valence-corrected chi connectivity index (χ3v) is 5.31. The van der Waals surface area contributed by atoms with E-state index in [-0.39, 0.29) is 18.8 Å². The molecule has 3 aromatic rings. The number of carbonyl (C=O) groups excluding carboxylic acids is 2. The Hall–Kier alpha value is -3.26. The first-order valence-corrected chi connectivity index (χ1v) is 10.7. The van der Waals surface area contributed by atoms with Crippen LogP contribution >= 0.6 is 11.3 Å². The average Bonchev–Trinajstić information content (AvgIpc) is 3.22. The van der Waals surface area contributed by atoms with Crippen LogP contribution in [0.15, 0.2) is 47.8 Å². The van der Waals surface area contributed by atoms with Crippen molar-refractivity contribution in [2.24, 2.45) is 0 Å². The van der Waals surface area contributed by atoms with Crippen LogP contribution in [-0.2, 0) is 27.3 Å². The van der Waals surface area contributed by atoms with Crippen molar-refractivity contribution >= 4 is 23.2 Å². The highest BCUT2D eigenvalue weighted by Crippen LogP contribution is 2.32. The molecule has 0 atom stereocenters. The molecule has 0 saturated carbocycles. The van der Waals surface area contributed by atoms with Crippen LogP contribution in [0.4, 0.5) is 4.39 Å². The lowest BCUT2D eigenvalue weighted by molar-refractivity contribution is -0.147. The van der Waals surface area contributed by atoms with E-state index in [4.69, 9.17) is 9.47 Å². The zero-order chi connectivity index (χ0) is 22.2. The summed E-state index contributed by atoms with van der Waals surface area (Å²) in [5.41, 5.74) is 2.59. The maximum atomic E-state index is 13.5. The van der Waals surface area contributed by atoms with Crippen LogP contribution in [0.5, 0.6) is 5.75 Å². The fraction of sp³-hybridized carbons (Fsp3) is 0.261. The van der Waals surface area contributed by atoms with E-state index in [2.05, 4.69) is 10.3 Å². The molecular formula is C23H23FN2O4S. The molecule has 0 saturated heterocycles. The quantitative estimate of drug-likeness (QED) is 0.506. The van der Waals surface area contributed by atoms with Gasteiger partial charge in [-0.2, -0.15) is 0 Å². The van der Waals surface area contributed by atoms with Crippen LogP contribution in [0.2, 0.25) is 0 Å². The Kier molecular flexibility index (Phi) is 7.72. The van der Waals surface area contributed by atoms with E-state index in [1.165, 1.54) is 17.4 Å². The Morgan fingerprint density at radius 3 is 2.77 bits per heavy atom. The van der Waals surface area contributed by atoms with E-state index in [1.807, 2.05) is 31.2 Å². The van der Waals surface area contributed by atoms with Gasteiger partial charge >= 0.3 is 5.97 Å². The van der Waals surface area contributed by atoms with Crippen molar-refractivity contribution in [3.05, 3.63) is 70.5 Å². The van der Waals surface area contributed by atoms with Crippen LogP contribution in [0.25, 0.3) is 10.6 Å². The second kappa shape index (κ2) is 10.7. The molecule has 0 bridgehead atoms. The molecule has 1 amide bonds. The number of amides is 1. The van der Waals surface area contributed by atoms with E-state index in [9.17, 15) is 14.0 Å². The zero-order valence-corrected chi connectivity index (χ0v) is 18.1. The highest BCUT2D eigenvalue weighted by Gasteiger charge is 2.14. The first kappa shape index (κ1) is 22.4. The predicted molar refractivity (Wildman–Crippen MR) is 116 cm³/mol. The first-order chi connectivity index (χ1) is 15.0. The van der Waals surface area contributed by atoms with Crippen molar-refractivity contribution in [1.29, 1.82) is 0 Å². The molecular weight excluding hydrogens is 419 g/mol. The predicted octanol–water partition coefficient (Wildman–Crippen LogP) is 4.06. The first-order valence-electron chi connectivity index (χ1n) is 9.80. The maximum Gasteiger partial charge on any atom is 0.312 e. The molecule has 0 aliphatic rings. The number of aryl methyl sites for hydroxylation is 1. The summed E-state index contributed by atoms with van der Waals surface area (Å²) in [6.07, 6.45) is -0.0379. The molecule has 0 radical (unpaired) electrons. The molecule has 2 aromatic carbocycles. The minimum Gasteiger partial charge on any atom is -0.493 e. The van der Waals surface area contributed by atoms with Gasteiger partial charge in [-0.25, -0.2) is 9.37 Å². The number of esters is 1. The van der Waals surface area contributed by atoms with Gasteiger partial charge in [-0.1, -0.05) is 24.3 Å². The fourth-order valence-electron chi connectivity index (χ4n) is 2.78. The highest BCUT2D eigenvalue weighted by molar-refractivity contribution is 7.13. The van der Waals surface area contributed by atoms with Crippen molar-refractivity contribution in [2.75, 3.05) is 13.2 Å². The number of para-hydroxylation sites is 1. The van der Waals surface area contributed by atoms with Gasteiger partial charge in [0.05, 0.1) is 24.3 Å². The lowest BCUT2D eigenvalue weighted by Gasteiger charge is -2.07. The van der Waals surface area contributed by atoms with E-state index < -0.39 is 18.5 Å². The van der Waals surface area contributed by atoms with Gasteiger partial charge in [0.1, 0.15) is 16.6 Å². The Balaban J connectivity index is 1.48. The number of nitrogens with zero attached hydrogens (tertiary/aromatic N) is 1. The summed E-state index contributed by atoms with van der Waals surface area (Å²) in [5, 5.41) is 5.13. The van der Waals surface area contributed by atoms with E-state index in [0.717, 1.165) is 16.3 Å². The molecule has 1 aromatic heterocycles. The normalized spacial score (nSPS) is 10.5. The summed E-state index contributed by atoms with van der Waals surface area (Å²) >= 11 is 1.41. The molecule has 0 spiro atoms. The van der Waals surface area contributed by atoms with Crippen molar-refractivity contribution < 1.29 is 23.5 Å². The summed E-state index contributed by atoms with van der Waals surface area (Å²) in [5.74, 6) is -0.603. The molecule has 0 aliphatic heterocycles. The lowest BCUT2D eigenvalue weighted by atomic mass is 10.1.